The highest BCUT2D eigenvalue weighted by Crippen LogP contribution is 2.35. The van der Waals surface area contributed by atoms with Gasteiger partial charge in [0.05, 0.1) is 29.2 Å². The van der Waals surface area contributed by atoms with Gasteiger partial charge in [0.15, 0.2) is 0 Å². The molecule has 2 aliphatic rings. The molecular weight excluding hydrogens is 315 g/mol. The first-order valence-electron chi connectivity index (χ1n) is 7.55. The van der Waals surface area contributed by atoms with Crippen molar-refractivity contribution in [2.45, 2.75) is 19.5 Å². The molecule has 0 bridgehead atoms. The van der Waals surface area contributed by atoms with Crippen LogP contribution >= 0.6 is 0 Å². The number of ether oxygens (including phenoxy) is 1. The average molecular weight is 328 g/mol. The van der Waals surface area contributed by atoms with Gasteiger partial charge in [-0.2, -0.15) is 0 Å². The smallest absolute Gasteiger partial charge is 0.275 e. The highest BCUT2D eigenvalue weighted by atomic mass is 19.1. The third-order valence-corrected chi connectivity index (χ3v) is 4.50. The summed E-state index contributed by atoms with van der Waals surface area (Å²) in [5.74, 6) is -0.0661. The number of fused-ring (bicyclic) bond motifs is 2. The molecule has 6 nitrogen and oxygen atoms in total. The normalized spacial score (nSPS) is 15.2. The van der Waals surface area contributed by atoms with Gasteiger partial charge in [-0.05, 0) is 18.2 Å². The summed E-state index contributed by atoms with van der Waals surface area (Å²) in [6, 6.07) is 7.36. The summed E-state index contributed by atoms with van der Waals surface area (Å²) in [4.78, 5) is 24.6. The van der Waals surface area contributed by atoms with Crippen molar-refractivity contribution < 1.29 is 18.8 Å². The number of carbonyl (C=O) groups excluding carboxylic acids is 1. The topological polar surface area (TPSA) is 72.7 Å². The van der Waals surface area contributed by atoms with Gasteiger partial charge in [0.2, 0.25) is 0 Å². The Hall–Kier alpha value is -2.96. The van der Waals surface area contributed by atoms with E-state index in [0.717, 1.165) is 5.56 Å². The van der Waals surface area contributed by atoms with Gasteiger partial charge in [-0.25, -0.2) is 4.39 Å². The minimum absolute atomic E-state index is 0.0725. The molecule has 2 aliphatic heterocycles. The Morgan fingerprint density at radius 3 is 2.88 bits per heavy atom. The summed E-state index contributed by atoms with van der Waals surface area (Å²) in [5, 5.41) is 11.1. The fourth-order valence-electron chi connectivity index (χ4n) is 3.35. The Morgan fingerprint density at radius 1 is 1.25 bits per heavy atom. The molecule has 0 unspecified atom stereocenters. The third kappa shape index (κ3) is 2.12. The van der Waals surface area contributed by atoms with Crippen molar-refractivity contribution in [1.82, 2.24) is 4.90 Å². The van der Waals surface area contributed by atoms with Crippen LogP contribution in [-0.4, -0.2) is 22.3 Å². The molecule has 2 aromatic rings. The Kier molecular flexibility index (Phi) is 3.23. The van der Waals surface area contributed by atoms with Crippen LogP contribution in [0.3, 0.4) is 0 Å². The van der Waals surface area contributed by atoms with Gasteiger partial charge < -0.3 is 9.64 Å². The standard InChI is InChI=1S/C17H13FN2O4/c18-14-4-5-16-10(6-7-24-16)12(14)8-19-9-13-11(17(19)21)2-1-3-15(13)20(22)23/h1-5H,6-9H2. The van der Waals surface area contributed by atoms with Gasteiger partial charge >= 0.3 is 0 Å². The molecule has 0 N–H and O–H groups in total. The van der Waals surface area contributed by atoms with Gasteiger partial charge in [0.1, 0.15) is 11.6 Å². The molecule has 0 atom stereocenters. The van der Waals surface area contributed by atoms with E-state index in [4.69, 9.17) is 4.74 Å². The lowest BCUT2D eigenvalue weighted by Crippen LogP contribution is -2.24. The van der Waals surface area contributed by atoms with E-state index >= 15 is 0 Å². The van der Waals surface area contributed by atoms with Crippen LogP contribution in [0.1, 0.15) is 27.0 Å². The third-order valence-electron chi connectivity index (χ3n) is 4.50. The fraction of sp³-hybridized carbons (Fsp3) is 0.235. The zero-order valence-electron chi connectivity index (χ0n) is 12.6. The molecule has 2 aromatic carbocycles. The lowest BCUT2D eigenvalue weighted by Gasteiger charge is -2.18. The molecule has 0 fully saturated rings. The van der Waals surface area contributed by atoms with E-state index in [-0.39, 0.29) is 24.7 Å². The number of amides is 1. The molecule has 0 spiro atoms. The van der Waals surface area contributed by atoms with Crippen molar-refractivity contribution in [2.75, 3.05) is 6.61 Å². The first kappa shape index (κ1) is 14.6. The van der Waals surface area contributed by atoms with Crippen molar-refractivity contribution in [3.8, 4) is 5.75 Å². The first-order valence-corrected chi connectivity index (χ1v) is 7.55. The number of halogens is 1. The van der Waals surface area contributed by atoms with E-state index in [0.29, 0.717) is 35.5 Å². The second kappa shape index (κ2) is 5.30. The molecule has 122 valence electrons. The Labute approximate surface area is 136 Å². The van der Waals surface area contributed by atoms with Crippen LogP contribution in [0.2, 0.25) is 0 Å². The number of benzene rings is 2. The molecule has 0 radical (unpaired) electrons. The van der Waals surface area contributed by atoms with E-state index in [1.165, 1.54) is 23.1 Å². The summed E-state index contributed by atoms with van der Waals surface area (Å²) in [6.45, 7) is 0.670. The Balaban J connectivity index is 1.69. The lowest BCUT2D eigenvalue weighted by atomic mass is 10.0. The summed E-state index contributed by atoms with van der Waals surface area (Å²) in [5.41, 5.74) is 1.82. The maximum Gasteiger partial charge on any atom is 0.275 e. The fourth-order valence-corrected chi connectivity index (χ4v) is 3.35. The minimum Gasteiger partial charge on any atom is -0.493 e. The number of carbonyl (C=O) groups is 1. The van der Waals surface area contributed by atoms with Crippen molar-refractivity contribution in [3.63, 3.8) is 0 Å². The van der Waals surface area contributed by atoms with Gasteiger partial charge in [-0.15, -0.1) is 0 Å². The zero-order valence-corrected chi connectivity index (χ0v) is 12.6. The number of hydrogen-bond acceptors (Lipinski definition) is 4. The van der Waals surface area contributed by atoms with E-state index in [1.807, 2.05) is 0 Å². The molecule has 0 saturated carbocycles. The monoisotopic (exact) mass is 328 g/mol. The van der Waals surface area contributed by atoms with Crippen molar-refractivity contribution in [3.05, 3.63) is 68.5 Å². The predicted molar refractivity (Wildman–Crippen MR) is 82.3 cm³/mol. The van der Waals surface area contributed by atoms with Crippen LogP contribution in [0.15, 0.2) is 30.3 Å². The second-order valence-corrected chi connectivity index (χ2v) is 5.82. The van der Waals surface area contributed by atoms with Crippen LogP contribution in [0.4, 0.5) is 10.1 Å². The second-order valence-electron chi connectivity index (χ2n) is 5.82. The Morgan fingerprint density at radius 2 is 2.08 bits per heavy atom. The summed E-state index contributed by atoms with van der Waals surface area (Å²) < 4.78 is 19.7. The number of rotatable bonds is 3. The molecule has 7 heteroatoms. The molecular formula is C17H13FN2O4. The van der Waals surface area contributed by atoms with E-state index in [1.54, 1.807) is 12.1 Å². The SMILES string of the molecule is O=C1c2cccc([N+](=O)[O-])c2CN1Cc1c(F)ccc2c1CCO2. The molecule has 4 rings (SSSR count). The summed E-state index contributed by atoms with van der Waals surface area (Å²) in [6.07, 6.45) is 0.595. The van der Waals surface area contributed by atoms with E-state index < -0.39 is 10.7 Å². The van der Waals surface area contributed by atoms with Gasteiger partial charge in [0.25, 0.3) is 11.6 Å². The number of nitro benzene ring substituents is 1. The molecule has 2 heterocycles. The van der Waals surface area contributed by atoms with Crippen molar-refractivity contribution >= 4 is 11.6 Å². The summed E-state index contributed by atoms with van der Waals surface area (Å²) >= 11 is 0. The van der Waals surface area contributed by atoms with Gasteiger partial charge in [-0.3, -0.25) is 14.9 Å². The van der Waals surface area contributed by atoms with Crippen LogP contribution in [0, 0.1) is 15.9 Å². The minimum atomic E-state index is -0.496. The van der Waals surface area contributed by atoms with Gasteiger partial charge in [-0.1, -0.05) is 6.07 Å². The first-order chi connectivity index (χ1) is 11.6. The zero-order chi connectivity index (χ0) is 16.8. The van der Waals surface area contributed by atoms with E-state index in [2.05, 4.69) is 0 Å². The Bertz CT molecular complexity index is 881. The van der Waals surface area contributed by atoms with E-state index in [9.17, 15) is 19.3 Å². The predicted octanol–water partition coefficient (Wildman–Crippen LogP) is 2.82. The van der Waals surface area contributed by atoms with Crippen molar-refractivity contribution in [2.24, 2.45) is 0 Å². The van der Waals surface area contributed by atoms with Crippen LogP contribution in [-0.2, 0) is 19.5 Å². The maximum atomic E-state index is 14.3. The highest BCUT2D eigenvalue weighted by molar-refractivity contribution is 5.99. The van der Waals surface area contributed by atoms with Crippen LogP contribution < -0.4 is 4.74 Å². The molecule has 24 heavy (non-hydrogen) atoms. The number of nitro groups is 1. The molecule has 0 aliphatic carbocycles. The van der Waals surface area contributed by atoms with Gasteiger partial charge in [0, 0.05) is 30.2 Å². The highest BCUT2D eigenvalue weighted by Gasteiger charge is 2.34. The largest absolute Gasteiger partial charge is 0.493 e. The average Bonchev–Trinajstić information content (AvgIpc) is 3.15. The maximum absolute atomic E-state index is 14.3. The summed E-state index contributed by atoms with van der Waals surface area (Å²) in [7, 11) is 0. The number of nitrogens with zero attached hydrogens (tertiary/aromatic N) is 2. The quantitative estimate of drug-likeness (QED) is 0.641. The van der Waals surface area contributed by atoms with Crippen LogP contribution in [0.5, 0.6) is 5.75 Å². The molecule has 1 amide bonds. The molecule has 0 saturated heterocycles. The number of hydrogen-bond donors (Lipinski definition) is 0. The van der Waals surface area contributed by atoms with Crippen molar-refractivity contribution in [1.29, 1.82) is 0 Å². The van der Waals surface area contributed by atoms with Crippen LogP contribution in [0.25, 0.3) is 0 Å². The lowest BCUT2D eigenvalue weighted by molar-refractivity contribution is -0.385. The molecule has 0 aromatic heterocycles.